The number of Topliss-reactive ketones (excluding diaryl/α,β-unsaturated/α-hetero) is 1. The molecule has 1 aliphatic rings. The number of carbonyl (C=O) groups excluding carboxylic acids is 1. The van der Waals surface area contributed by atoms with Gasteiger partial charge in [0, 0.05) is 0 Å². The molecule has 0 radical (unpaired) electrons. The van der Waals surface area contributed by atoms with Crippen LogP contribution in [0.1, 0.15) is 28.6 Å². The number of ether oxygens (including phenoxy) is 1. The van der Waals surface area contributed by atoms with Gasteiger partial charge in [0.2, 0.25) is 0 Å². The third kappa shape index (κ3) is 1.41. The van der Waals surface area contributed by atoms with Crippen LogP contribution < -0.4 is 4.74 Å². The van der Waals surface area contributed by atoms with Crippen LogP contribution in [0.25, 0.3) is 0 Å². The highest BCUT2D eigenvalue weighted by Crippen LogP contribution is 2.34. The molecule has 0 bridgehead atoms. The molecule has 2 heterocycles. The molecule has 0 saturated carbocycles. The van der Waals surface area contributed by atoms with Crippen molar-refractivity contribution < 1.29 is 13.9 Å². The molecule has 3 heteroatoms. The van der Waals surface area contributed by atoms with Gasteiger partial charge in [0.05, 0.1) is 18.2 Å². The maximum Gasteiger partial charge on any atom is 0.170 e. The minimum absolute atomic E-state index is 0.100. The molecular weight excluding hydrogens is 204 g/mol. The average molecular weight is 214 g/mol. The van der Waals surface area contributed by atoms with Crippen LogP contribution >= 0.6 is 0 Å². The molecule has 0 saturated heterocycles. The molecule has 0 fully saturated rings. The first-order valence-corrected chi connectivity index (χ1v) is 5.17. The second kappa shape index (κ2) is 3.52. The number of hydrogen-bond acceptors (Lipinski definition) is 3. The van der Waals surface area contributed by atoms with Gasteiger partial charge >= 0.3 is 0 Å². The Bertz CT molecular complexity index is 514. The van der Waals surface area contributed by atoms with Crippen LogP contribution in [0, 0.1) is 0 Å². The minimum atomic E-state index is -0.294. The smallest absolute Gasteiger partial charge is 0.170 e. The van der Waals surface area contributed by atoms with E-state index >= 15 is 0 Å². The lowest BCUT2D eigenvalue weighted by Crippen LogP contribution is -2.19. The second-order valence-corrected chi connectivity index (χ2v) is 3.75. The van der Waals surface area contributed by atoms with Gasteiger partial charge in [-0.15, -0.1) is 0 Å². The molecule has 0 aliphatic carbocycles. The molecule has 0 N–H and O–H groups in total. The van der Waals surface area contributed by atoms with Crippen molar-refractivity contribution >= 4 is 5.78 Å². The molecule has 1 aromatic carbocycles. The largest absolute Gasteiger partial charge is 0.481 e. The SMILES string of the molecule is O=C1CC(c2ccco2)Oc2ccccc21. The maximum absolute atomic E-state index is 11.9. The topological polar surface area (TPSA) is 39.4 Å². The fraction of sp³-hybridized carbons (Fsp3) is 0.154. The lowest BCUT2D eigenvalue weighted by atomic mass is 10.00. The van der Waals surface area contributed by atoms with Crippen molar-refractivity contribution in [3.8, 4) is 5.75 Å². The van der Waals surface area contributed by atoms with Crippen LogP contribution in [0.5, 0.6) is 5.75 Å². The molecule has 0 amide bonds. The lowest BCUT2D eigenvalue weighted by molar-refractivity contribution is 0.0817. The number of furan rings is 1. The Morgan fingerprint density at radius 2 is 2.00 bits per heavy atom. The number of benzene rings is 1. The summed E-state index contributed by atoms with van der Waals surface area (Å²) in [6.07, 6.45) is 1.63. The van der Waals surface area contributed by atoms with Gasteiger partial charge in [-0.1, -0.05) is 12.1 Å². The van der Waals surface area contributed by atoms with Gasteiger partial charge in [-0.3, -0.25) is 4.79 Å². The first kappa shape index (κ1) is 9.21. The highest BCUT2D eigenvalue weighted by molar-refractivity contribution is 5.99. The number of ketones is 1. The third-order valence-corrected chi connectivity index (χ3v) is 2.69. The van der Waals surface area contributed by atoms with Gasteiger partial charge in [0.1, 0.15) is 11.5 Å². The first-order valence-electron chi connectivity index (χ1n) is 5.17. The Kier molecular flexibility index (Phi) is 2.03. The molecule has 3 rings (SSSR count). The van der Waals surface area contributed by atoms with Crippen molar-refractivity contribution in [2.75, 3.05) is 0 Å². The predicted octanol–water partition coefficient (Wildman–Crippen LogP) is 2.99. The van der Waals surface area contributed by atoms with E-state index in [9.17, 15) is 4.79 Å². The first-order chi connectivity index (χ1) is 7.84. The molecule has 1 atom stereocenters. The van der Waals surface area contributed by atoms with Gasteiger partial charge in [-0.05, 0) is 24.3 Å². The molecule has 3 nitrogen and oxygen atoms in total. The number of fused-ring (bicyclic) bond motifs is 1. The standard InChI is InChI=1S/C13H10O3/c14-10-8-13(12-6-3-7-15-12)16-11-5-2-1-4-9(10)11/h1-7,13H,8H2. The molecule has 80 valence electrons. The van der Waals surface area contributed by atoms with Crippen molar-refractivity contribution in [1.82, 2.24) is 0 Å². The average Bonchev–Trinajstić information content (AvgIpc) is 2.82. The van der Waals surface area contributed by atoms with Crippen molar-refractivity contribution in [2.24, 2.45) is 0 Å². The van der Waals surface area contributed by atoms with E-state index in [1.165, 1.54) is 0 Å². The Balaban J connectivity index is 1.98. The zero-order valence-electron chi connectivity index (χ0n) is 8.55. The second-order valence-electron chi connectivity index (χ2n) is 3.75. The number of para-hydroxylation sites is 1. The molecule has 1 aliphatic heterocycles. The van der Waals surface area contributed by atoms with Crippen LogP contribution in [0.4, 0.5) is 0 Å². The fourth-order valence-electron chi connectivity index (χ4n) is 1.91. The van der Waals surface area contributed by atoms with Crippen LogP contribution in [0.2, 0.25) is 0 Å². The quantitative estimate of drug-likeness (QED) is 0.732. The summed E-state index contributed by atoms with van der Waals surface area (Å²) in [6, 6.07) is 10.9. The molecule has 0 spiro atoms. The summed E-state index contributed by atoms with van der Waals surface area (Å²) in [7, 11) is 0. The van der Waals surface area contributed by atoms with E-state index in [0.29, 0.717) is 23.5 Å². The summed E-state index contributed by atoms with van der Waals surface area (Å²) in [4.78, 5) is 11.9. The normalized spacial score (nSPS) is 19.0. The van der Waals surface area contributed by atoms with Crippen molar-refractivity contribution in [3.05, 3.63) is 54.0 Å². The number of rotatable bonds is 1. The monoisotopic (exact) mass is 214 g/mol. The summed E-state index contributed by atoms with van der Waals surface area (Å²) in [5.74, 6) is 1.44. The van der Waals surface area contributed by atoms with Crippen LogP contribution in [-0.2, 0) is 0 Å². The fourth-order valence-corrected chi connectivity index (χ4v) is 1.91. The van der Waals surface area contributed by atoms with E-state index in [4.69, 9.17) is 9.15 Å². The third-order valence-electron chi connectivity index (χ3n) is 2.69. The Morgan fingerprint density at radius 1 is 1.12 bits per heavy atom. The Labute approximate surface area is 92.6 Å². The van der Waals surface area contributed by atoms with E-state index in [1.54, 1.807) is 18.4 Å². The summed E-state index contributed by atoms with van der Waals surface area (Å²) in [6.45, 7) is 0. The van der Waals surface area contributed by atoms with Gasteiger partial charge in [0.15, 0.2) is 11.9 Å². The lowest BCUT2D eigenvalue weighted by Gasteiger charge is -2.23. The number of carbonyl (C=O) groups is 1. The van der Waals surface area contributed by atoms with Gasteiger partial charge in [-0.25, -0.2) is 0 Å². The summed E-state index contributed by atoms with van der Waals surface area (Å²) in [5, 5.41) is 0. The van der Waals surface area contributed by atoms with E-state index in [-0.39, 0.29) is 11.9 Å². The maximum atomic E-state index is 11.9. The van der Waals surface area contributed by atoms with Crippen molar-refractivity contribution in [3.63, 3.8) is 0 Å². The van der Waals surface area contributed by atoms with Crippen LogP contribution in [-0.4, -0.2) is 5.78 Å². The van der Waals surface area contributed by atoms with Gasteiger partial charge in [-0.2, -0.15) is 0 Å². The van der Waals surface area contributed by atoms with E-state index < -0.39 is 0 Å². The Morgan fingerprint density at radius 3 is 2.81 bits per heavy atom. The highest BCUT2D eigenvalue weighted by atomic mass is 16.5. The molecule has 1 unspecified atom stereocenters. The van der Waals surface area contributed by atoms with Crippen LogP contribution in [0.3, 0.4) is 0 Å². The predicted molar refractivity (Wildman–Crippen MR) is 57.5 cm³/mol. The van der Waals surface area contributed by atoms with Gasteiger partial charge in [0.25, 0.3) is 0 Å². The summed E-state index contributed by atoms with van der Waals surface area (Å²) < 4.78 is 11.0. The van der Waals surface area contributed by atoms with Gasteiger partial charge < -0.3 is 9.15 Å². The van der Waals surface area contributed by atoms with E-state index in [1.807, 2.05) is 24.3 Å². The molecular formula is C13H10O3. The molecule has 2 aromatic rings. The highest BCUT2D eigenvalue weighted by Gasteiger charge is 2.28. The van der Waals surface area contributed by atoms with Crippen molar-refractivity contribution in [1.29, 1.82) is 0 Å². The summed E-state index contributed by atoms with van der Waals surface area (Å²) in [5.41, 5.74) is 0.658. The van der Waals surface area contributed by atoms with Crippen molar-refractivity contribution in [2.45, 2.75) is 12.5 Å². The zero-order chi connectivity index (χ0) is 11.0. The van der Waals surface area contributed by atoms with Crippen LogP contribution in [0.15, 0.2) is 47.1 Å². The Hall–Kier alpha value is -2.03. The van der Waals surface area contributed by atoms with E-state index in [0.717, 1.165) is 0 Å². The summed E-state index contributed by atoms with van der Waals surface area (Å²) >= 11 is 0. The molecule has 1 aromatic heterocycles. The number of hydrogen-bond donors (Lipinski definition) is 0. The minimum Gasteiger partial charge on any atom is -0.481 e. The zero-order valence-corrected chi connectivity index (χ0v) is 8.55. The van der Waals surface area contributed by atoms with E-state index in [2.05, 4.69) is 0 Å². The molecule has 16 heavy (non-hydrogen) atoms.